The Bertz CT molecular complexity index is 440. The number of alkyl halides is 1. The summed E-state index contributed by atoms with van der Waals surface area (Å²) in [5.74, 6) is -0.353. The zero-order valence-corrected chi connectivity index (χ0v) is 11.6. The Morgan fingerprint density at radius 1 is 1.44 bits per heavy atom. The van der Waals surface area contributed by atoms with Gasteiger partial charge in [-0.3, -0.25) is 9.59 Å². The maximum Gasteiger partial charge on any atom is 0.228 e. The van der Waals surface area contributed by atoms with Gasteiger partial charge in [0.05, 0.1) is 11.4 Å². The molecule has 98 valence electrons. The van der Waals surface area contributed by atoms with Crippen LogP contribution in [-0.4, -0.2) is 23.4 Å². The highest BCUT2D eigenvalue weighted by Gasteiger charge is 2.13. The van der Waals surface area contributed by atoms with E-state index in [2.05, 4.69) is 5.32 Å². The molecule has 0 spiro atoms. The van der Waals surface area contributed by atoms with Crippen LogP contribution in [0, 0.1) is 5.92 Å². The van der Waals surface area contributed by atoms with Crippen LogP contribution < -0.4 is 11.1 Å². The Hall–Kier alpha value is -1.20. The molecule has 18 heavy (non-hydrogen) atoms. The number of hydrogen-bond donors (Lipinski definition) is 2. The summed E-state index contributed by atoms with van der Waals surface area (Å²) < 4.78 is 0. The highest BCUT2D eigenvalue weighted by molar-refractivity contribution is 8.00. The van der Waals surface area contributed by atoms with Crippen molar-refractivity contribution in [1.29, 1.82) is 0 Å². The highest BCUT2D eigenvalue weighted by Crippen LogP contribution is 2.27. The monoisotopic (exact) mass is 286 g/mol. The van der Waals surface area contributed by atoms with Gasteiger partial charge in [0.2, 0.25) is 11.8 Å². The van der Waals surface area contributed by atoms with Gasteiger partial charge in [-0.05, 0) is 12.1 Å². The van der Waals surface area contributed by atoms with Crippen molar-refractivity contribution < 1.29 is 9.59 Å². The van der Waals surface area contributed by atoms with Crippen LogP contribution in [0.5, 0.6) is 0 Å². The third-order valence-electron chi connectivity index (χ3n) is 2.19. The molecule has 4 nitrogen and oxygen atoms in total. The number of amides is 2. The van der Waals surface area contributed by atoms with Crippen LogP contribution in [0.1, 0.15) is 6.92 Å². The van der Waals surface area contributed by atoms with Crippen molar-refractivity contribution in [2.75, 3.05) is 16.9 Å². The first-order chi connectivity index (χ1) is 8.54. The fourth-order valence-electron chi connectivity index (χ4n) is 1.17. The van der Waals surface area contributed by atoms with E-state index in [0.717, 1.165) is 4.90 Å². The van der Waals surface area contributed by atoms with Crippen molar-refractivity contribution in [2.24, 2.45) is 11.7 Å². The molecule has 3 N–H and O–H groups in total. The lowest BCUT2D eigenvalue weighted by Gasteiger charge is -2.12. The van der Waals surface area contributed by atoms with Crippen molar-refractivity contribution in [2.45, 2.75) is 11.8 Å². The third-order valence-corrected chi connectivity index (χ3v) is 3.75. The number of anilines is 1. The normalized spacial score (nSPS) is 11.9. The molecule has 1 rings (SSSR count). The van der Waals surface area contributed by atoms with E-state index >= 15 is 0 Å². The SMILES string of the molecule is CC(CCl)C(=O)Nc1ccccc1SCC(N)=O. The average molecular weight is 287 g/mol. The average Bonchev–Trinajstić information content (AvgIpc) is 2.36. The minimum Gasteiger partial charge on any atom is -0.369 e. The van der Waals surface area contributed by atoms with Gasteiger partial charge in [0, 0.05) is 16.7 Å². The van der Waals surface area contributed by atoms with Crippen LogP contribution in [0.15, 0.2) is 29.2 Å². The molecule has 0 heterocycles. The summed E-state index contributed by atoms with van der Waals surface area (Å²) in [6.45, 7) is 1.75. The molecule has 0 saturated heterocycles. The molecule has 1 aromatic rings. The molecule has 0 fully saturated rings. The maximum absolute atomic E-state index is 11.7. The second-order valence-corrected chi connectivity index (χ2v) is 5.12. The predicted molar refractivity (Wildman–Crippen MR) is 74.9 cm³/mol. The molecule has 1 atom stereocenters. The summed E-state index contributed by atoms with van der Waals surface area (Å²) in [4.78, 5) is 23.3. The third kappa shape index (κ3) is 4.58. The highest BCUT2D eigenvalue weighted by atomic mass is 35.5. The van der Waals surface area contributed by atoms with Crippen LogP contribution in [-0.2, 0) is 9.59 Å². The van der Waals surface area contributed by atoms with Crippen molar-refractivity contribution in [3.8, 4) is 0 Å². The van der Waals surface area contributed by atoms with Gasteiger partial charge in [-0.25, -0.2) is 0 Å². The summed E-state index contributed by atoms with van der Waals surface area (Å²) >= 11 is 6.92. The summed E-state index contributed by atoms with van der Waals surface area (Å²) in [7, 11) is 0. The Kier molecular flexibility index (Phi) is 6.01. The van der Waals surface area contributed by atoms with E-state index in [1.807, 2.05) is 18.2 Å². The number of para-hydroxylation sites is 1. The van der Waals surface area contributed by atoms with Gasteiger partial charge in [-0.15, -0.1) is 23.4 Å². The molecular weight excluding hydrogens is 272 g/mol. The molecule has 0 saturated carbocycles. The van der Waals surface area contributed by atoms with E-state index in [4.69, 9.17) is 17.3 Å². The molecule has 1 aromatic carbocycles. The first-order valence-electron chi connectivity index (χ1n) is 5.41. The number of nitrogens with one attached hydrogen (secondary N) is 1. The number of halogens is 1. The van der Waals surface area contributed by atoms with E-state index in [1.54, 1.807) is 13.0 Å². The topological polar surface area (TPSA) is 72.2 Å². The van der Waals surface area contributed by atoms with E-state index < -0.39 is 5.91 Å². The minimum atomic E-state index is -0.393. The quantitative estimate of drug-likeness (QED) is 0.621. The van der Waals surface area contributed by atoms with Crippen molar-refractivity contribution in [3.63, 3.8) is 0 Å². The number of primary amides is 1. The maximum atomic E-state index is 11.7. The lowest BCUT2D eigenvalue weighted by atomic mass is 10.2. The first-order valence-corrected chi connectivity index (χ1v) is 6.93. The lowest BCUT2D eigenvalue weighted by molar-refractivity contribution is -0.119. The second-order valence-electron chi connectivity index (χ2n) is 3.80. The van der Waals surface area contributed by atoms with Crippen LogP contribution >= 0.6 is 23.4 Å². The predicted octanol–water partition coefficient (Wildman–Crippen LogP) is 2.08. The summed E-state index contributed by atoms with van der Waals surface area (Å²) in [5, 5.41) is 2.79. The van der Waals surface area contributed by atoms with Crippen LogP contribution in [0.25, 0.3) is 0 Å². The van der Waals surface area contributed by atoms with Crippen molar-refractivity contribution >= 4 is 40.9 Å². The Morgan fingerprint density at radius 3 is 2.72 bits per heavy atom. The lowest BCUT2D eigenvalue weighted by Crippen LogP contribution is -2.21. The summed E-state index contributed by atoms with van der Waals surface area (Å²) in [6.07, 6.45) is 0. The fourth-order valence-corrected chi connectivity index (χ4v) is 2.06. The molecule has 1 unspecified atom stereocenters. The van der Waals surface area contributed by atoms with Gasteiger partial charge in [0.1, 0.15) is 0 Å². The van der Waals surface area contributed by atoms with Crippen molar-refractivity contribution in [1.82, 2.24) is 0 Å². The molecular formula is C12H15ClN2O2S. The zero-order chi connectivity index (χ0) is 13.5. The smallest absolute Gasteiger partial charge is 0.228 e. The van der Waals surface area contributed by atoms with Gasteiger partial charge in [0.15, 0.2) is 0 Å². The number of benzene rings is 1. The number of rotatable bonds is 6. The molecule has 0 radical (unpaired) electrons. The summed E-state index contributed by atoms with van der Waals surface area (Å²) in [5.41, 5.74) is 5.77. The van der Waals surface area contributed by atoms with E-state index in [1.165, 1.54) is 11.8 Å². The number of nitrogens with two attached hydrogens (primary N) is 1. The fraction of sp³-hybridized carbons (Fsp3) is 0.333. The van der Waals surface area contributed by atoms with E-state index in [9.17, 15) is 9.59 Å². The molecule has 0 bridgehead atoms. The molecule has 0 aliphatic rings. The number of carbonyl (C=O) groups excluding carboxylic acids is 2. The first kappa shape index (κ1) is 14.9. The number of hydrogen-bond acceptors (Lipinski definition) is 3. The minimum absolute atomic E-state index is 0.142. The Morgan fingerprint density at radius 2 is 2.11 bits per heavy atom. The van der Waals surface area contributed by atoms with Crippen LogP contribution in [0.3, 0.4) is 0 Å². The van der Waals surface area contributed by atoms with Gasteiger partial charge < -0.3 is 11.1 Å². The van der Waals surface area contributed by atoms with E-state index in [-0.39, 0.29) is 23.5 Å². The molecule has 6 heteroatoms. The second kappa shape index (κ2) is 7.28. The molecule has 0 aromatic heterocycles. The summed E-state index contributed by atoms with van der Waals surface area (Å²) in [6, 6.07) is 7.26. The van der Waals surface area contributed by atoms with Gasteiger partial charge in [0.25, 0.3) is 0 Å². The Labute approximate surface area is 115 Å². The van der Waals surface area contributed by atoms with Gasteiger partial charge in [-0.1, -0.05) is 19.1 Å². The molecule has 0 aliphatic heterocycles. The molecule has 2 amide bonds. The van der Waals surface area contributed by atoms with Gasteiger partial charge >= 0.3 is 0 Å². The largest absolute Gasteiger partial charge is 0.369 e. The standard InChI is InChI=1S/C12H15ClN2O2S/c1-8(6-13)12(17)15-9-4-2-3-5-10(9)18-7-11(14)16/h2-5,8H,6-7H2,1H3,(H2,14,16)(H,15,17). The Balaban J connectivity index is 2.75. The van der Waals surface area contributed by atoms with Gasteiger partial charge in [-0.2, -0.15) is 0 Å². The van der Waals surface area contributed by atoms with Crippen LogP contribution in [0.4, 0.5) is 5.69 Å². The molecule has 0 aliphatic carbocycles. The zero-order valence-electron chi connectivity index (χ0n) is 9.98. The van der Waals surface area contributed by atoms with Crippen molar-refractivity contribution in [3.05, 3.63) is 24.3 Å². The van der Waals surface area contributed by atoms with E-state index in [0.29, 0.717) is 5.69 Å². The number of thioether (sulfide) groups is 1. The van der Waals surface area contributed by atoms with Crippen LogP contribution in [0.2, 0.25) is 0 Å². The number of carbonyl (C=O) groups is 2.